The molecule has 5 rings (SSSR count). The van der Waals surface area contributed by atoms with Crippen molar-refractivity contribution < 1.29 is 4.79 Å². The Labute approximate surface area is 257 Å². The summed E-state index contributed by atoms with van der Waals surface area (Å²) in [6, 6.07) is 7.11. The molecule has 2 aromatic rings. The lowest BCUT2D eigenvalue weighted by molar-refractivity contribution is -0.106. The molecule has 1 aliphatic heterocycles. The number of carbonyl (C=O) groups is 1. The van der Waals surface area contributed by atoms with Gasteiger partial charge in [-0.1, -0.05) is 99.6 Å². The number of carbonyl (C=O) groups excluding carboxylic acids is 1. The van der Waals surface area contributed by atoms with Crippen molar-refractivity contribution >= 4 is 17.6 Å². The van der Waals surface area contributed by atoms with Gasteiger partial charge in [0, 0.05) is 16.9 Å². The van der Waals surface area contributed by atoms with Crippen LogP contribution in [0.1, 0.15) is 149 Å². The Morgan fingerprint density at radius 3 is 2.07 bits per heavy atom. The molecule has 0 spiro atoms. The van der Waals surface area contributed by atoms with Crippen LogP contribution in [0.4, 0.5) is 0 Å². The maximum absolute atomic E-state index is 8.81. The summed E-state index contributed by atoms with van der Waals surface area (Å²) in [4.78, 5) is 16.3. The van der Waals surface area contributed by atoms with Gasteiger partial charge < -0.3 is 9.69 Å². The third-order valence-electron chi connectivity index (χ3n) is 9.27. The molecule has 2 aliphatic carbocycles. The molecule has 0 N–H and O–H groups in total. The van der Waals surface area contributed by atoms with Gasteiger partial charge in [0.25, 0.3) is 0 Å². The van der Waals surface area contributed by atoms with E-state index in [1.165, 1.54) is 112 Å². The minimum Gasteiger partial charge on any atom is -0.306 e. The summed E-state index contributed by atoms with van der Waals surface area (Å²) < 4.78 is 0. The first-order valence-corrected chi connectivity index (χ1v) is 17.5. The van der Waals surface area contributed by atoms with Crippen molar-refractivity contribution in [2.75, 3.05) is 20.1 Å². The molecular formula is C37H62N2OS. The van der Waals surface area contributed by atoms with Crippen LogP contribution in [-0.4, -0.2) is 36.3 Å². The summed E-state index contributed by atoms with van der Waals surface area (Å²) in [5, 5.41) is 3.61. The van der Waals surface area contributed by atoms with Gasteiger partial charge in [0.2, 0.25) is 0 Å². The van der Waals surface area contributed by atoms with Crippen LogP contribution >= 0.6 is 11.3 Å². The van der Waals surface area contributed by atoms with Crippen LogP contribution in [0, 0.1) is 11.8 Å². The molecule has 0 bridgehead atoms. The first kappa shape index (κ1) is 35.7. The number of nitrogens with zero attached hydrogens (tertiary/aromatic N) is 2. The molecule has 41 heavy (non-hydrogen) atoms. The number of aromatic nitrogens is 1. The summed E-state index contributed by atoms with van der Waals surface area (Å²) in [7, 11) is 2.22. The monoisotopic (exact) mass is 582 g/mol. The normalized spacial score (nSPS) is 20.4. The molecule has 3 nitrogen and oxygen atoms in total. The van der Waals surface area contributed by atoms with E-state index in [1.54, 1.807) is 0 Å². The second-order valence-corrected chi connectivity index (χ2v) is 14.9. The Bertz CT molecular complexity index is 1020. The highest BCUT2D eigenvalue weighted by Crippen LogP contribution is 2.47. The fourth-order valence-corrected chi connectivity index (χ4v) is 7.70. The molecule has 1 aromatic heterocycles. The molecule has 0 atom stereocenters. The maximum atomic E-state index is 8.81. The first-order chi connectivity index (χ1) is 19.5. The van der Waals surface area contributed by atoms with E-state index in [1.807, 2.05) is 25.2 Å². The number of likely N-dealkylation sites (tertiary alicyclic amines) is 1. The molecule has 2 fully saturated rings. The standard InChI is InChI=1S/C23H32N2S.C10H20.C2H4O.C2H6/c1-22(2)10-11-23(3,4)19-14-17(6-7-18(19)22)20-15-26-21(24-20)16-8-12-25(5)13-9-16;1-9(2)8-10-6-4-3-5-7-10;1-2-3;1-2/h6-7,14-16H,8-13H2,1-5H3;9-10H,3-8H2,1-2H3;2H,1H3;1-2H3. The Morgan fingerprint density at radius 1 is 0.951 bits per heavy atom. The van der Waals surface area contributed by atoms with Gasteiger partial charge in [-0.25, -0.2) is 4.98 Å². The molecule has 2 heterocycles. The number of hydrogen-bond donors (Lipinski definition) is 0. The van der Waals surface area contributed by atoms with Gasteiger partial charge in [-0.05, 0) is 99.0 Å². The lowest BCUT2D eigenvalue weighted by Gasteiger charge is -2.42. The van der Waals surface area contributed by atoms with E-state index in [0.29, 0.717) is 5.92 Å². The Hall–Kier alpha value is -1.52. The molecule has 1 saturated heterocycles. The van der Waals surface area contributed by atoms with Crippen molar-refractivity contribution in [2.24, 2.45) is 11.8 Å². The zero-order chi connectivity index (χ0) is 30.6. The average Bonchev–Trinajstić information content (AvgIpc) is 3.44. The first-order valence-electron chi connectivity index (χ1n) is 16.7. The number of aldehydes is 1. The van der Waals surface area contributed by atoms with Crippen LogP contribution in [0.2, 0.25) is 0 Å². The summed E-state index contributed by atoms with van der Waals surface area (Å²) in [5.74, 6) is 2.65. The predicted molar refractivity (Wildman–Crippen MR) is 181 cm³/mol. The van der Waals surface area contributed by atoms with Crippen molar-refractivity contribution in [3.63, 3.8) is 0 Å². The summed E-state index contributed by atoms with van der Waals surface area (Å²) in [6.45, 7) is 22.1. The molecule has 1 saturated carbocycles. The molecule has 0 unspecified atom stereocenters. The highest BCUT2D eigenvalue weighted by Gasteiger charge is 2.37. The zero-order valence-corrected chi connectivity index (χ0v) is 29.1. The zero-order valence-electron chi connectivity index (χ0n) is 28.3. The van der Waals surface area contributed by atoms with E-state index < -0.39 is 0 Å². The summed E-state index contributed by atoms with van der Waals surface area (Å²) >= 11 is 1.86. The fraction of sp³-hybridized carbons (Fsp3) is 0.730. The van der Waals surface area contributed by atoms with Gasteiger partial charge in [0.15, 0.2) is 0 Å². The lowest BCUT2D eigenvalue weighted by Crippen LogP contribution is -2.33. The van der Waals surface area contributed by atoms with Crippen LogP contribution in [0.15, 0.2) is 23.6 Å². The minimum atomic E-state index is 0.258. The van der Waals surface area contributed by atoms with E-state index in [4.69, 9.17) is 9.78 Å². The summed E-state index contributed by atoms with van der Waals surface area (Å²) in [5.41, 5.74) is 6.07. The molecule has 0 amide bonds. The van der Waals surface area contributed by atoms with E-state index in [2.05, 4.69) is 77.1 Å². The number of benzene rings is 1. The van der Waals surface area contributed by atoms with E-state index >= 15 is 0 Å². The van der Waals surface area contributed by atoms with Crippen LogP contribution in [-0.2, 0) is 15.6 Å². The van der Waals surface area contributed by atoms with Crippen molar-refractivity contribution in [3.05, 3.63) is 39.7 Å². The number of piperidine rings is 1. The van der Waals surface area contributed by atoms with Crippen LogP contribution in [0.25, 0.3) is 11.3 Å². The fourth-order valence-electron chi connectivity index (χ4n) is 6.70. The Morgan fingerprint density at radius 2 is 1.51 bits per heavy atom. The number of thiazole rings is 1. The van der Waals surface area contributed by atoms with Gasteiger partial charge in [0.05, 0.1) is 10.7 Å². The average molecular weight is 583 g/mol. The van der Waals surface area contributed by atoms with Crippen LogP contribution in [0.5, 0.6) is 0 Å². The third kappa shape index (κ3) is 10.6. The Balaban J connectivity index is 0.000000327. The largest absolute Gasteiger partial charge is 0.306 e. The van der Waals surface area contributed by atoms with Crippen molar-refractivity contribution in [3.8, 4) is 11.3 Å². The highest BCUT2D eigenvalue weighted by atomic mass is 32.1. The quantitative estimate of drug-likeness (QED) is 0.336. The third-order valence-corrected chi connectivity index (χ3v) is 10.3. The van der Waals surface area contributed by atoms with Gasteiger partial charge in [-0.2, -0.15) is 0 Å². The number of fused-ring (bicyclic) bond motifs is 1. The molecular weight excluding hydrogens is 520 g/mol. The second-order valence-electron chi connectivity index (χ2n) is 14.0. The number of hydrogen-bond acceptors (Lipinski definition) is 4. The molecule has 232 valence electrons. The van der Waals surface area contributed by atoms with Crippen LogP contribution < -0.4 is 0 Å². The second kappa shape index (κ2) is 16.9. The molecule has 3 aliphatic rings. The Kier molecular flexibility index (Phi) is 14.7. The molecule has 1 aromatic carbocycles. The van der Waals surface area contributed by atoms with Gasteiger partial charge in [0.1, 0.15) is 6.29 Å². The SMILES string of the molecule is CC.CC(C)CC1CCCCC1.CC=O.CN1CCC(c2nc(-c3ccc4c(c3)C(C)(C)CCC4(C)C)cs2)CC1. The van der Waals surface area contributed by atoms with Gasteiger partial charge >= 0.3 is 0 Å². The minimum absolute atomic E-state index is 0.258. The van der Waals surface area contributed by atoms with Gasteiger partial charge in [-0.3, -0.25) is 0 Å². The van der Waals surface area contributed by atoms with Crippen molar-refractivity contribution in [1.29, 1.82) is 0 Å². The maximum Gasteiger partial charge on any atom is 0.116 e. The molecule has 4 heteroatoms. The van der Waals surface area contributed by atoms with Gasteiger partial charge in [-0.15, -0.1) is 11.3 Å². The highest BCUT2D eigenvalue weighted by molar-refractivity contribution is 7.10. The molecule has 0 radical (unpaired) electrons. The topological polar surface area (TPSA) is 33.2 Å². The van der Waals surface area contributed by atoms with Crippen molar-refractivity contribution in [1.82, 2.24) is 9.88 Å². The van der Waals surface area contributed by atoms with Crippen LogP contribution in [0.3, 0.4) is 0 Å². The smallest absolute Gasteiger partial charge is 0.116 e. The van der Waals surface area contributed by atoms with E-state index in [0.717, 1.165) is 18.1 Å². The number of rotatable bonds is 4. The van der Waals surface area contributed by atoms with E-state index in [9.17, 15) is 0 Å². The lowest BCUT2D eigenvalue weighted by atomic mass is 9.63. The summed E-state index contributed by atoms with van der Waals surface area (Å²) in [6.07, 6.45) is 14.8. The van der Waals surface area contributed by atoms with Crippen molar-refractivity contribution in [2.45, 2.75) is 143 Å². The predicted octanol–water partition coefficient (Wildman–Crippen LogP) is 10.8. The van der Waals surface area contributed by atoms with E-state index in [-0.39, 0.29) is 10.8 Å².